The number of terminal acetylenes is 1. The highest BCUT2D eigenvalue weighted by Crippen LogP contribution is 2.26. The van der Waals surface area contributed by atoms with Crippen LogP contribution >= 0.6 is 0 Å². The van der Waals surface area contributed by atoms with Gasteiger partial charge in [0.05, 0.1) is 12.1 Å². The molecule has 0 amide bonds. The van der Waals surface area contributed by atoms with Gasteiger partial charge in [-0.2, -0.15) is 0 Å². The Morgan fingerprint density at radius 1 is 1.40 bits per heavy atom. The van der Waals surface area contributed by atoms with Gasteiger partial charge in [0.2, 0.25) is 0 Å². The minimum absolute atomic E-state index is 0.128. The molecule has 0 aromatic carbocycles. The number of hydrogen-bond acceptors (Lipinski definition) is 2. The quantitative estimate of drug-likeness (QED) is 0.714. The van der Waals surface area contributed by atoms with Gasteiger partial charge in [0.1, 0.15) is 0 Å². The lowest BCUT2D eigenvalue weighted by molar-refractivity contribution is 0.0903. The van der Waals surface area contributed by atoms with Gasteiger partial charge in [-0.3, -0.25) is 5.32 Å². The summed E-state index contributed by atoms with van der Waals surface area (Å²) in [5, 5.41) is 3.58. The van der Waals surface area contributed by atoms with Gasteiger partial charge >= 0.3 is 0 Å². The first-order chi connectivity index (χ1) is 7.29. The van der Waals surface area contributed by atoms with Crippen molar-refractivity contribution < 1.29 is 4.74 Å². The minimum atomic E-state index is 0.128. The highest BCUT2D eigenvalue weighted by atomic mass is 16.5. The molecule has 1 saturated carbocycles. The highest BCUT2D eigenvalue weighted by Gasteiger charge is 2.29. The third kappa shape index (κ3) is 2.74. The summed E-state index contributed by atoms with van der Waals surface area (Å²) in [5.41, 5.74) is 0. The third-order valence-electron chi connectivity index (χ3n) is 3.63. The van der Waals surface area contributed by atoms with Crippen molar-refractivity contribution in [1.29, 1.82) is 0 Å². The zero-order valence-electron chi connectivity index (χ0n) is 9.54. The lowest BCUT2D eigenvalue weighted by atomic mass is 10.1. The van der Waals surface area contributed by atoms with Gasteiger partial charge in [-0.25, -0.2) is 0 Å². The van der Waals surface area contributed by atoms with E-state index in [1.54, 1.807) is 0 Å². The van der Waals surface area contributed by atoms with Crippen molar-refractivity contribution in [3.05, 3.63) is 0 Å². The van der Waals surface area contributed by atoms with Crippen LogP contribution in [-0.2, 0) is 4.74 Å². The molecule has 2 aliphatic rings. The van der Waals surface area contributed by atoms with Gasteiger partial charge in [-0.05, 0) is 38.0 Å². The molecule has 1 heterocycles. The summed E-state index contributed by atoms with van der Waals surface area (Å²) in [6.45, 7) is 3.20. The van der Waals surface area contributed by atoms with Gasteiger partial charge in [-0.1, -0.05) is 12.8 Å². The molecular weight excluding hydrogens is 186 g/mol. The average Bonchev–Trinajstić information content (AvgIpc) is 2.85. The monoisotopic (exact) mass is 207 g/mol. The van der Waals surface area contributed by atoms with Crippen LogP contribution in [0.5, 0.6) is 0 Å². The first-order valence-corrected chi connectivity index (χ1v) is 6.13. The molecule has 0 aromatic rings. The van der Waals surface area contributed by atoms with Crippen LogP contribution in [-0.4, -0.2) is 24.8 Å². The molecule has 0 bridgehead atoms. The molecule has 4 atom stereocenters. The van der Waals surface area contributed by atoms with Crippen molar-refractivity contribution in [1.82, 2.24) is 5.32 Å². The van der Waals surface area contributed by atoms with Crippen LogP contribution in [0.25, 0.3) is 0 Å². The predicted octanol–water partition coefficient (Wildman–Crippen LogP) is 1.95. The van der Waals surface area contributed by atoms with Crippen LogP contribution in [0.2, 0.25) is 0 Å². The van der Waals surface area contributed by atoms with Crippen LogP contribution in [0.3, 0.4) is 0 Å². The van der Waals surface area contributed by atoms with Gasteiger partial charge in [0, 0.05) is 12.6 Å². The molecule has 2 fully saturated rings. The summed E-state index contributed by atoms with van der Waals surface area (Å²) in [6, 6.07) is 0.744. The fourth-order valence-electron chi connectivity index (χ4n) is 2.74. The smallest absolute Gasteiger partial charge is 0.0954 e. The van der Waals surface area contributed by atoms with E-state index in [0.29, 0.717) is 6.04 Å². The van der Waals surface area contributed by atoms with Crippen molar-refractivity contribution in [3.63, 3.8) is 0 Å². The Morgan fingerprint density at radius 2 is 2.27 bits per heavy atom. The maximum Gasteiger partial charge on any atom is 0.0954 e. The molecule has 0 aromatic heterocycles. The Morgan fingerprint density at radius 3 is 2.80 bits per heavy atom. The van der Waals surface area contributed by atoms with Crippen molar-refractivity contribution in [2.75, 3.05) is 6.61 Å². The molecule has 0 radical (unpaired) electrons. The number of ether oxygens (including phenoxy) is 1. The second kappa shape index (κ2) is 5.01. The van der Waals surface area contributed by atoms with Crippen LogP contribution in [0.15, 0.2) is 0 Å². The van der Waals surface area contributed by atoms with Crippen molar-refractivity contribution in [2.24, 2.45) is 5.92 Å². The Kier molecular flexibility index (Phi) is 3.66. The molecule has 1 saturated heterocycles. The molecule has 1 aliphatic carbocycles. The van der Waals surface area contributed by atoms with Gasteiger partial charge in [-0.15, -0.1) is 6.42 Å². The molecule has 0 spiro atoms. The van der Waals surface area contributed by atoms with Crippen molar-refractivity contribution in [3.8, 4) is 12.3 Å². The molecule has 2 heteroatoms. The summed E-state index contributed by atoms with van der Waals surface area (Å²) in [6.07, 6.45) is 12.0. The molecule has 0 unspecified atom stereocenters. The molecule has 15 heavy (non-hydrogen) atoms. The normalized spacial score (nSPS) is 37.7. The summed E-state index contributed by atoms with van der Waals surface area (Å²) >= 11 is 0. The largest absolute Gasteiger partial charge is 0.376 e. The SMILES string of the molecule is C#C[C@H](N[C@@H]1CC[C@@H](C)C1)[C@@H]1CCCO1. The summed E-state index contributed by atoms with van der Waals surface area (Å²) in [7, 11) is 0. The maximum absolute atomic E-state index is 5.64. The Balaban J connectivity index is 1.83. The van der Waals surface area contributed by atoms with E-state index in [-0.39, 0.29) is 12.1 Å². The Labute approximate surface area is 92.8 Å². The van der Waals surface area contributed by atoms with Crippen LogP contribution in [0.4, 0.5) is 0 Å². The van der Waals surface area contributed by atoms with Crippen molar-refractivity contribution >= 4 is 0 Å². The van der Waals surface area contributed by atoms with Crippen LogP contribution < -0.4 is 5.32 Å². The zero-order valence-corrected chi connectivity index (χ0v) is 9.54. The van der Waals surface area contributed by atoms with Gasteiger partial charge < -0.3 is 4.74 Å². The van der Waals surface area contributed by atoms with Crippen molar-refractivity contribution in [2.45, 2.75) is 57.2 Å². The standard InChI is InChI=1S/C13H21NO/c1-3-12(13-5-4-8-15-13)14-11-7-6-10(2)9-11/h1,10-14H,4-9H2,2H3/t10-,11-,12+,13+/m1/s1. The number of rotatable bonds is 3. The van der Waals surface area contributed by atoms with E-state index in [0.717, 1.165) is 25.4 Å². The first-order valence-electron chi connectivity index (χ1n) is 6.13. The van der Waals surface area contributed by atoms with Gasteiger partial charge in [0.25, 0.3) is 0 Å². The highest BCUT2D eigenvalue weighted by molar-refractivity contribution is 5.05. The van der Waals surface area contributed by atoms with Crippen LogP contribution in [0.1, 0.15) is 39.0 Å². The fraction of sp³-hybridized carbons (Fsp3) is 0.846. The summed E-state index contributed by atoms with van der Waals surface area (Å²) < 4.78 is 5.64. The van der Waals surface area contributed by atoms with E-state index in [9.17, 15) is 0 Å². The second-order valence-corrected chi connectivity index (χ2v) is 4.98. The van der Waals surface area contributed by atoms with E-state index >= 15 is 0 Å². The van der Waals surface area contributed by atoms with E-state index in [4.69, 9.17) is 11.2 Å². The first kappa shape index (κ1) is 11.0. The van der Waals surface area contributed by atoms with E-state index in [1.807, 2.05) is 0 Å². The van der Waals surface area contributed by atoms with Crippen LogP contribution in [0, 0.1) is 18.3 Å². The molecule has 2 rings (SSSR count). The maximum atomic E-state index is 5.64. The van der Waals surface area contributed by atoms with E-state index in [2.05, 4.69) is 18.2 Å². The second-order valence-electron chi connectivity index (χ2n) is 4.98. The fourth-order valence-corrected chi connectivity index (χ4v) is 2.74. The lowest BCUT2D eigenvalue weighted by Gasteiger charge is -2.23. The molecule has 1 aliphatic heterocycles. The minimum Gasteiger partial charge on any atom is -0.376 e. The zero-order chi connectivity index (χ0) is 10.7. The van der Waals surface area contributed by atoms with Gasteiger partial charge in [0.15, 0.2) is 0 Å². The topological polar surface area (TPSA) is 21.3 Å². The average molecular weight is 207 g/mol. The van der Waals surface area contributed by atoms with E-state index < -0.39 is 0 Å². The molecular formula is C13H21NO. The van der Waals surface area contributed by atoms with E-state index in [1.165, 1.54) is 19.3 Å². The number of nitrogens with one attached hydrogen (secondary N) is 1. The Bertz CT molecular complexity index is 239. The summed E-state index contributed by atoms with van der Waals surface area (Å²) in [4.78, 5) is 0. The lowest BCUT2D eigenvalue weighted by Crippen LogP contribution is -2.43. The molecule has 2 nitrogen and oxygen atoms in total. The third-order valence-corrected chi connectivity index (χ3v) is 3.63. The molecule has 84 valence electrons. The summed E-state index contributed by atoms with van der Waals surface area (Å²) in [5.74, 6) is 3.70. The molecule has 1 N–H and O–H groups in total. The predicted molar refractivity (Wildman–Crippen MR) is 61.5 cm³/mol. The number of hydrogen-bond donors (Lipinski definition) is 1. The Hall–Kier alpha value is -0.520.